The van der Waals surface area contributed by atoms with E-state index in [1.165, 1.54) is 12.1 Å². The molecule has 0 fully saturated rings. The van der Waals surface area contributed by atoms with Crippen LogP contribution in [-0.4, -0.2) is 30.9 Å². The molecule has 1 amide bonds. The molecule has 0 heterocycles. The summed E-state index contributed by atoms with van der Waals surface area (Å²) >= 11 is 2.22. The largest absolute Gasteiger partial charge is 0.325 e. The molecule has 3 nitrogen and oxygen atoms in total. The molecule has 2 rings (SSSR count). The summed E-state index contributed by atoms with van der Waals surface area (Å²) in [6.07, 6.45) is 0.785. The molecule has 0 atom stereocenters. The van der Waals surface area contributed by atoms with Crippen molar-refractivity contribution in [3.63, 3.8) is 0 Å². The molecule has 0 aromatic heterocycles. The average molecular weight is 412 g/mol. The number of carbonyl (C=O) groups is 1. The van der Waals surface area contributed by atoms with E-state index in [1.807, 2.05) is 36.2 Å². The van der Waals surface area contributed by atoms with Crippen molar-refractivity contribution < 1.29 is 9.18 Å². The van der Waals surface area contributed by atoms with Crippen LogP contribution >= 0.6 is 22.6 Å². The monoisotopic (exact) mass is 412 g/mol. The summed E-state index contributed by atoms with van der Waals surface area (Å²) in [4.78, 5) is 13.9. The van der Waals surface area contributed by atoms with Gasteiger partial charge in [0.2, 0.25) is 5.91 Å². The van der Waals surface area contributed by atoms with E-state index < -0.39 is 0 Å². The molecule has 2 aromatic carbocycles. The summed E-state index contributed by atoms with van der Waals surface area (Å²) in [5, 5.41) is 2.87. The molecule has 0 aliphatic heterocycles. The van der Waals surface area contributed by atoms with Crippen molar-refractivity contribution in [1.82, 2.24) is 4.90 Å². The predicted molar refractivity (Wildman–Crippen MR) is 95.4 cm³/mol. The van der Waals surface area contributed by atoms with Crippen LogP contribution in [0.3, 0.4) is 0 Å². The summed E-state index contributed by atoms with van der Waals surface area (Å²) < 4.78 is 14.0. The molecule has 22 heavy (non-hydrogen) atoms. The molecule has 0 saturated heterocycles. The highest BCUT2D eigenvalue weighted by atomic mass is 127. The Kier molecular flexibility index (Phi) is 6.33. The van der Waals surface area contributed by atoms with Crippen molar-refractivity contribution in [1.29, 1.82) is 0 Å². The fraction of sp³-hybridized carbons (Fsp3) is 0.235. The van der Waals surface area contributed by atoms with Gasteiger partial charge in [0.25, 0.3) is 0 Å². The fourth-order valence-electron chi connectivity index (χ4n) is 2.03. The van der Waals surface area contributed by atoms with Crippen molar-refractivity contribution >= 4 is 34.2 Å². The summed E-state index contributed by atoms with van der Waals surface area (Å²) in [6.45, 7) is 1.07. The van der Waals surface area contributed by atoms with Gasteiger partial charge in [0.05, 0.1) is 6.54 Å². The molecule has 0 unspecified atom stereocenters. The minimum atomic E-state index is -0.228. The van der Waals surface area contributed by atoms with Crippen LogP contribution in [0.15, 0.2) is 48.5 Å². The first-order valence-electron chi connectivity index (χ1n) is 7.01. The Morgan fingerprint density at radius 3 is 2.41 bits per heavy atom. The molecule has 0 saturated carbocycles. The molecule has 116 valence electrons. The fourth-order valence-corrected chi connectivity index (χ4v) is 2.39. The number of nitrogens with one attached hydrogen (secondary N) is 1. The smallest absolute Gasteiger partial charge is 0.238 e. The maximum absolute atomic E-state index is 12.8. The van der Waals surface area contributed by atoms with Crippen molar-refractivity contribution in [2.24, 2.45) is 0 Å². The molecule has 0 aliphatic rings. The van der Waals surface area contributed by atoms with Gasteiger partial charge in [-0.2, -0.15) is 0 Å². The van der Waals surface area contributed by atoms with Gasteiger partial charge in [-0.25, -0.2) is 4.39 Å². The SMILES string of the molecule is CN(CCc1ccc(F)cc1)CC(=O)Nc1ccc(I)cc1. The summed E-state index contributed by atoms with van der Waals surface area (Å²) in [7, 11) is 1.90. The number of rotatable bonds is 6. The minimum absolute atomic E-state index is 0.0391. The van der Waals surface area contributed by atoms with Crippen LogP contribution in [0.25, 0.3) is 0 Å². The number of carbonyl (C=O) groups excluding carboxylic acids is 1. The van der Waals surface area contributed by atoms with E-state index in [9.17, 15) is 9.18 Å². The first-order chi connectivity index (χ1) is 10.5. The van der Waals surface area contributed by atoms with Gasteiger partial charge in [-0.15, -0.1) is 0 Å². The Balaban J connectivity index is 1.76. The predicted octanol–water partition coefficient (Wildman–Crippen LogP) is 3.54. The van der Waals surface area contributed by atoms with E-state index in [0.29, 0.717) is 6.54 Å². The Hall–Kier alpha value is -1.47. The molecule has 0 radical (unpaired) electrons. The minimum Gasteiger partial charge on any atom is -0.325 e. The standard InChI is InChI=1S/C17H18FIN2O/c1-21(11-10-13-2-4-14(18)5-3-13)12-17(22)20-16-8-6-15(19)7-9-16/h2-9H,10-12H2,1H3,(H,20,22). The zero-order chi connectivity index (χ0) is 15.9. The highest BCUT2D eigenvalue weighted by Crippen LogP contribution is 2.11. The summed E-state index contributed by atoms with van der Waals surface area (Å²) in [6, 6.07) is 14.1. The van der Waals surface area contributed by atoms with Crippen LogP contribution < -0.4 is 5.32 Å². The van der Waals surface area contributed by atoms with E-state index in [2.05, 4.69) is 27.9 Å². The van der Waals surface area contributed by atoms with Gasteiger partial charge in [0.1, 0.15) is 5.82 Å². The third-order valence-electron chi connectivity index (χ3n) is 3.24. The van der Waals surface area contributed by atoms with Crippen LogP contribution in [-0.2, 0) is 11.2 Å². The van der Waals surface area contributed by atoms with E-state index in [1.54, 1.807) is 12.1 Å². The first kappa shape index (κ1) is 16.9. The van der Waals surface area contributed by atoms with E-state index in [-0.39, 0.29) is 11.7 Å². The van der Waals surface area contributed by atoms with Crippen LogP contribution in [0.2, 0.25) is 0 Å². The third kappa shape index (κ3) is 5.73. The molecular formula is C17H18FIN2O. The van der Waals surface area contributed by atoms with Crippen LogP contribution in [0.5, 0.6) is 0 Å². The molecule has 0 aliphatic carbocycles. The molecule has 5 heteroatoms. The van der Waals surface area contributed by atoms with E-state index in [0.717, 1.165) is 27.8 Å². The Bertz CT molecular complexity index is 614. The topological polar surface area (TPSA) is 32.3 Å². The second-order valence-corrected chi connectivity index (χ2v) is 6.41. The van der Waals surface area contributed by atoms with E-state index in [4.69, 9.17) is 0 Å². The van der Waals surface area contributed by atoms with Gasteiger partial charge in [-0.1, -0.05) is 12.1 Å². The van der Waals surface area contributed by atoms with Crippen LogP contribution in [0, 0.1) is 9.39 Å². The number of amides is 1. The maximum atomic E-state index is 12.8. The van der Waals surface area contributed by atoms with Gasteiger partial charge in [0.15, 0.2) is 0 Å². The quantitative estimate of drug-likeness (QED) is 0.737. The van der Waals surface area contributed by atoms with Gasteiger partial charge in [-0.05, 0) is 78.0 Å². The highest BCUT2D eigenvalue weighted by Gasteiger charge is 2.07. The van der Waals surface area contributed by atoms with Crippen LogP contribution in [0.4, 0.5) is 10.1 Å². The Labute approximate surface area is 143 Å². The zero-order valence-electron chi connectivity index (χ0n) is 12.4. The number of anilines is 1. The molecule has 2 aromatic rings. The number of benzene rings is 2. The van der Waals surface area contributed by atoms with Crippen molar-refractivity contribution in [2.45, 2.75) is 6.42 Å². The van der Waals surface area contributed by atoms with E-state index >= 15 is 0 Å². The lowest BCUT2D eigenvalue weighted by molar-refractivity contribution is -0.117. The molecule has 0 spiro atoms. The lowest BCUT2D eigenvalue weighted by atomic mass is 10.1. The summed E-state index contributed by atoms with van der Waals surface area (Å²) in [5.74, 6) is -0.267. The maximum Gasteiger partial charge on any atom is 0.238 e. The Morgan fingerprint density at radius 1 is 1.14 bits per heavy atom. The summed E-state index contributed by atoms with van der Waals surface area (Å²) in [5.41, 5.74) is 1.86. The van der Waals surface area contributed by atoms with Gasteiger partial charge in [-0.3, -0.25) is 9.69 Å². The van der Waals surface area contributed by atoms with Gasteiger partial charge < -0.3 is 5.32 Å². The number of hydrogen-bond acceptors (Lipinski definition) is 2. The van der Waals surface area contributed by atoms with Gasteiger partial charge >= 0.3 is 0 Å². The molecular weight excluding hydrogens is 394 g/mol. The second-order valence-electron chi connectivity index (χ2n) is 5.17. The first-order valence-corrected chi connectivity index (χ1v) is 8.09. The average Bonchev–Trinajstić information content (AvgIpc) is 2.49. The van der Waals surface area contributed by atoms with Crippen molar-refractivity contribution in [3.05, 3.63) is 63.5 Å². The zero-order valence-corrected chi connectivity index (χ0v) is 14.5. The van der Waals surface area contributed by atoms with Crippen molar-refractivity contribution in [3.8, 4) is 0 Å². The van der Waals surface area contributed by atoms with Crippen LogP contribution in [0.1, 0.15) is 5.56 Å². The second kappa shape index (κ2) is 8.24. The lowest BCUT2D eigenvalue weighted by Crippen LogP contribution is -2.31. The molecule has 1 N–H and O–H groups in total. The highest BCUT2D eigenvalue weighted by molar-refractivity contribution is 14.1. The molecule has 0 bridgehead atoms. The number of nitrogens with zero attached hydrogens (tertiary/aromatic N) is 1. The van der Waals surface area contributed by atoms with Crippen molar-refractivity contribution in [2.75, 3.05) is 25.5 Å². The van der Waals surface area contributed by atoms with Gasteiger partial charge in [0, 0.05) is 15.8 Å². The normalized spacial score (nSPS) is 10.7. The lowest BCUT2D eigenvalue weighted by Gasteiger charge is -2.16. The third-order valence-corrected chi connectivity index (χ3v) is 3.96. The Morgan fingerprint density at radius 2 is 1.77 bits per heavy atom. The number of halogens is 2. The number of likely N-dealkylation sites (N-methyl/N-ethyl adjacent to an activating group) is 1. The number of hydrogen-bond donors (Lipinski definition) is 1.